The van der Waals surface area contributed by atoms with Crippen molar-refractivity contribution in [3.05, 3.63) is 64.1 Å². The minimum atomic E-state index is -4.07. The van der Waals surface area contributed by atoms with Gasteiger partial charge in [-0.05, 0) is 30.2 Å². The molecule has 0 heterocycles. The molecule has 4 N–H and O–H groups in total. The Kier molecular flexibility index (Phi) is 6.20. The fourth-order valence-electron chi connectivity index (χ4n) is 2.07. The normalized spacial score (nSPS) is 12.6. The molecule has 0 spiro atoms. The molecule has 0 aliphatic heterocycles. The van der Waals surface area contributed by atoms with Gasteiger partial charge in [-0.25, -0.2) is 14.3 Å². The number of hydrogen-bond acceptors (Lipinski definition) is 4. The molecular formula is C15H15Cl2N3O3S. The van der Waals surface area contributed by atoms with Gasteiger partial charge < -0.3 is 0 Å². The van der Waals surface area contributed by atoms with Crippen molar-refractivity contribution in [2.75, 3.05) is 0 Å². The smallest absolute Gasteiger partial charge is 0.252 e. The van der Waals surface area contributed by atoms with Gasteiger partial charge in [0.2, 0.25) is 10.0 Å². The molecule has 0 fully saturated rings. The molecule has 0 aliphatic rings. The Labute approximate surface area is 150 Å². The van der Waals surface area contributed by atoms with E-state index in [1.807, 2.05) is 11.5 Å². The zero-order valence-electron chi connectivity index (χ0n) is 12.4. The van der Waals surface area contributed by atoms with Crippen LogP contribution in [0.1, 0.15) is 5.56 Å². The molecule has 128 valence electrons. The van der Waals surface area contributed by atoms with Crippen LogP contribution in [0.3, 0.4) is 0 Å². The summed E-state index contributed by atoms with van der Waals surface area (Å²) in [6, 6.07) is 11.9. The molecule has 9 heteroatoms. The first kappa shape index (κ1) is 18.7. The third kappa shape index (κ3) is 4.68. The number of nitrogens with two attached hydrogens (primary N) is 1. The highest BCUT2D eigenvalue weighted by Gasteiger charge is 2.27. The molecule has 1 atom stereocenters. The summed E-state index contributed by atoms with van der Waals surface area (Å²) in [4.78, 5) is 11.7. The highest BCUT2D eigenvalue weighted by molar-refractivity contribution is 7.89. The van der Waals surface area contributed by atoms with Crippen molar-refractivity contribution < 1.29 is 13.2 Å². The van der Waals surface area contributed by atoms with Gasteiger partial charge in [0.25, 0.3) is 5.91 Å². The van der Waals surface area contributed by atoms with E-state index in [1.165, 1.54) is 18.2 Å². The zero-order chi connectivity index (χ0) is 17.7. The molecule has 6 nitrogen and oxygen atoms in total. The van der Waals surface area contributed by atoms with Crippen molar-refractivity contribution in [1.29, 1.82) is 0 Å². The summed E-state index contributed by atoms with van der Waals surface area (Å²) in [5.74, 6) is 4.49. The van der Waals surface area contributed by atoms with Gasteiger partial charge in [-0.3, -0.25) is 10.2 Å². The Hall–Kier alpha value is -1.64. The number of hydrazine groups is 1. The molecule has 2 rings (SSSR count). The fraction of sp³-hybridized carbons (Fsp3) is 0.133. The van der Waals surface area contributed by atoms with Gasteiger partial charge in [0.05, 0.1) is 5.02 Å². The number of carbonyl (C=O) groups excluding carboxylic acids is 1. The SMILES string of the molecule is NNC(=O)[C@H](Cc1ccccc1)NS(=O)(=O)c1cc(Cl)ccc1Cl. The molecule has 0 saturated heterocycles. The first-order valence-electron chi connectivity index (χ1n) is 6.85. The number of halogens is 2. The van der Waals surface area contributed by atoms with E-state index in [0.717, 1.165) is 5.56 Å². The second-order valence-corrected chi connectivity index (χ2v) is 7.47. The van der Waals surface area contributed by atoms with E-state index in [0.29, 0.717) is 0 Å². The van der Waals surface area contributed by atoms with E-state index in [-0.39, 0.29) is 21.4 Å². The van der Waals surface area contributed by atoms with E-state index >= 15 is 0 Å². The summed E-state index contributed by atoms with van der Waals surface area (Å²) < 4.78 is 27.4. The number of rotatable bonds is 6. The lowest BCUT2D eigenvalue weighted by Crippen LogP contribution is -2.50. The predicted octanol–water partition coefficient (Wildman–Crippen LogP) is 1.87. The third-order valence-electron chi connectivity index (χ3n) is 3.22. The van der Waals surface area contributed by atoms with Crippen molar-refractivity contribution in [3.63, 3.8) is 0 Å². The second-order valence-electron chi connectivity index (χ2n) is 4.95. The van der Waals surface area contributed by atoms with E-state index in [2.05, 4.69) is 4.72 Å². The maximum absolute atomic E-state index is 12.6. The van der Waals surface area contributed by atoms with Crippen molar-refractivity contribution in [2.45, 2.75) is 17.4 Å². The molecule has 2 aromatic carbocycles. The summed E-state index contributed by atoms with van der Waals surface area (Å²) in [6.45, 7) is 0. The van der Waals surface area contributed by atoms with Gasteiger partial charge in [-0.1, -0.05) is 53.5 Å². The standard InChI is InChI=1S/C15H15Cl2N3O3S/c16-11-6-7-12(17)14(9-11)24(22,23)20-13(15(21)19-18)8-10-4-2-1-3-5-10/h1-7,9,13,20H,8,18H2,(H,19,21)/t13-/m0/s1. The van der Waals surface area contributed by atoms with Gasteiger partial charge in [0, 0.05) is 5.02 Å². The molecular weight excluding hydrogens is 373 g/mol. The van der Waals surface area contributed by atoms with Crippen LogP contribution in [0.2, 0.25) is 10.0 Å². The zero-order valence-corrected chi connectivity index (χ0v) is 14.7. The van der Waals surface area contributed by atoms with E-state index in [9.17, 15) is 13.2 Å². The molecule has 0 aliphatic carbocycles. The minimum Gasteiger partial charge on any atom is -0.293 e. The first-order chi connectivity index (χ1) is 11.3. The third-order valence-corrected chi connectivity index (χ3v) is 5.41. The maximum atomic E-state index is 12.6. The van der Waals surface area contributed by atoms with Gasteiger partial charge in [-0.15, -0.1) is 0 Å². The molecule has 1 amide bonds. The van der Waals surface area contributed by atoms with E-state index < -0.39 is 22.0 Å². The summed E-state index contributed by atoms with van der Waals surface area (Å²) in [6.07, 6.45) is 0.126. The minimum absolute atomic E-state index is 0.00137. The summed E-state index contributed by atoms with van der Waals surface area (Å²) in [5, 5.41) is 0.209. The summed E-state index contributed by atoms with van der Waals surface area (Å²) in [7, 11) is -4.07. The monoisotopic (exact) mass is 387 g/mol. The average Bonchev–Trinajstić information content (AvgIpc) is 2.56. The molecule has 0 saturated carbocycles. The Morgan fingerprint density at radius 2 is 1.79 bits per heavy atom. The highest BCUT2D eigenvalue weighted by Crippen LogP contribution is 2.25. The quantitative estimate of drug-likeness (QED) is 0.400. The Morgan fingerprint density at radius 1 is 1.12 bits per heavy atom. The van der Waals surface area contributed by atoms with Gasteiger partial charge >= 0.3 is 0 Å². The van der Waals surface area contributed by atoms with Crippen molar-refractivity contribution in [1.82, 2.24) is 10.1 Å². The van der Waals surface area contributed by atoms with Crippen LogP contribution in [0.25, 0.3) is 0 Å². The number of hydrogen-bond donors (Lipinski definition) is 3. The van der Waals surface area contributed by atoms with Gasteiger partial charge in [0.15, 0.2) is 0 Å². The topological polar surface area (TPSA) is 101 Å². The van der Waals surface area contributed by atoms with Crippen LogP contribution in [0.4, 0.5) is 0 Å². The van der Waals surface area contributed by atoms with Crippen molar-refractivity contribution in [3.8, 4) is 0 Å². The maximum Gasteiger partial charge on any atom is 0.252 e. The predicted molar refractivity (Wildman–Crippen MR) is 93.0 cm³/mol. The summed E-state index contributed by atoms with van der Waals surface area (Å²) >= 11 is 11.8. The number of carbonyl (C=O) groups is 1. The van der Waals surface area contributed by atoms with Crippen LogP contribution in [0.5, 0.6) is 0 Å². The molecule has 0 bridgehead atoms. The van der Waals surface area contributed by atoms with Crippen molar-refractivity contribution >= 4 is 39.1 Å². The highest BCUT2D eigenvalue weighted by atomic mass is 35.5. The van der Waals surface area contributed by atoms with Crippen LogP contribution in [-0.4, -0.2) is 20.4 Å². The van der Waals surface area contributed by atoms with Gasteiger partial charge in [0.1, 0.15) is 10.9 Å². The average molecular weight is 388 g/mol. The lowest BCUT2D eigenvalue weighted by atomic mass is 10.1. The van der Waals surface area contributed by atoms with Crippen LogP contribution >= 0.6 is 23.2 Å². The first-order valence-corrected chi connectivity index (χ1v) is 9.09. The molecule has 0 radical (unpaired) electrons. The molecule has 0 aromatic heterocycles. The second kappa shape index (κ2) is 7.96. The van der Waals surface area contributed by atoms with E-state index in [1.54, 1.807) is 24.3 Å². The van der Waals surface area contributed by atoms with Crippen LogP contribution in [-0.2, 0) is 21.2 Å². The Bertz CT molecular complexity index is 829. The summed E-state index contributed by atoms with van der Waals surface area (Å²) in [5.41, 5.74) is 2.73. The van der Waals surface area contributed by atoms with Gasteiger partial charge in [-0.2, -0.15) is 4.72 Å². The van der Waals surface area contributed by atoms with E-state index in [4.69, 9.17) is 29.0 Å². The van der Waals surface area contributed by atoms with Crippen LogP contribution in [0.15, 0.2) is 53.4 Å². The largest absolute Gasteiger partial charge is 0.293 e. The fourth-order valence-corrected chi connectivity index (χ4v) is 4.03. The van der Waals surface area contributed by atoms with Crippen LogP contribution in [0, 0.1) is 0 Å². The lowest BCUT2D eigenvalue weighted by molar-refractivity contribution is -0.122. The number of amides is 1. The molecule has 24 heavy (non-hydrogen) atoms. The van der Waals surface area contributed by atoms with Crippen molar-refractivity contribution in [2.24, 2.45) is 5.84 Å². The number of benzene rings is 2. The Morgan fingerprint density at radius 3 is 2.42 bits per heavy atom. The molecule has 0 unspecified atom stereocenters. The molecule has 2 aromatic rings. The number of nitrogens with one attached hydrogen (secondary N) is 2. The Balaban J connectivity index is 2.31. The lowest BCUT2D eigenvalue weighted by Gasteiger charge is -2.18. The van der Waals surface area contributed by atoms with Crippen LogP contribution < -0.4 is 16.0 Å². The number of sulfonamides is 1.